The molecule has 1 aromatic carbocycles. The van der Waals surface area contributed by atoms with Crippen LogP contribution in [0.2, 0.25) is 0 Å². The molecule has 1 unspecified atom stereocenters. The standard InChI is InChI=1S/C9H10N2O3S.Na.H/c10-9(14)11-7(8(12)13)15-6-4-2-1-3-5-6;;/h1-5,7H,(H,12,13)(H3,10,11,14);;. The van der Waals surface area contributed by atoms with Gasteiger partial charge in [0.1, 0.15) is 0 Å². The second kappa shape index (κ2) is 7.56. The fourth-order valence-corrected chi connectivity index (χ4v) is 1.77. The van der Waals surface area contributed by atoms with Gasteiger partial charge in [-0.05, 0) is 12.1 Å². The van der Waals surface area contributed by atoms with Crippen molar-refractivity contribution in [1.29, 1.82) is 0 Å². The number of nitrogens with one attached hydrogen (secondary N) is 1. The van der Waals surface area contributed by atoms with Crippen LogP contribution in [-0.2, 0) is 4.79 Å². The van der Waals surface area contributed by atoms with E-state index in [2.05, 4.69) is 5.32 Å². The van der Waals surface area contributed by atoms with E-state index in [0.717, 1.165) is 16.7 Å². The number of hydrogen-bond acceptors (Lipinski definition) is 3. The summed E-state index contributed by atoms with van der Waals surface area (Å²) < 4.78 is 0. The second-order valence-electron chi connectivity index (χ2n) is 2.66. The van der Waals surface area contributed by atoms with Crippen molar-refractivity contribution in [1.82, 2.24) is 5.32 Å². The third-order valence-corrected chi connectivity index (χ3v) is 2.59. The number of carbonyl (C=O) groups excluding carboxylic acids is 1. The summed E-state index contributed by atoms with van der Waals surface area (Å²) in [6, 6.07) is 8.04. The molecule has 0 aliphatic rings. The van der Waals surface area contributed by atoms with Crippen molar-refractivity contribution >= 4 is 53.3 Å². The van der Waals surface area contributed by atoms with Crippen molar-refractivity contribution in [2.45, 2.75) is 10.3 Å². The molecular formula is C9H11N2NaO3S. The summed E-state index contributed by atoms with van der Waals surface area (Å²) in [6.45, 7) is 0. The van der Waals surface area contributed by atoms with E-state index >= 15 is 0 Å². The zero-order valence-electron chi connectivity index (χ0n) is 7.71. The van der Waals surface area contributed by atoms with Crippen molar-refractivity contribution < 1.29 is 14.7 Å². The van der Waals surface area contributed by atoms with Gasteiger partial charge in [0, 0.05) is 4.90 Å². The Hall–Kier alpha value is -0.690. The summed E-state index contributed by atoms with van der Waals surface area (Å²) >= 11 is 1.01. The predicted octanol–water partition coefficient (Wildman–Crippen LogP) is 0.209. The summed E-state index contributed by atoms with van der Waals surface area (Å²) in [5, 5.41) is 9.86. The molecule has 5 nitrogen and oxygen atoms in total. The fraction of sp³-hybridized carbons (Fsp3) is 0.111. The number of aliphatic carboxylic acids is 1. The SMILES string of the molecule is NC(=O)NC(Sc1ccccc1)C(=O)O.[NaH]. The molecule has 0 fully saturated rings. The molecule has 0 aromatic heterocycles. The van der Waals surface area contributed by atoms with E-state index in [1.807, 2.05) is 6.07 Å². The Kier molecular flexibility index (Phi) is 7.24. The molecule has 0 bridgehead atoms. The molecule has 0 saturated carbocycles. The van der Waals surface area contributed by atoms with Gasteiger partial charge in [-0.1, -0.05) is 30.0 Å². The molecule has 0 radical (unpaired) electrons. The first-order valence-electron chi connectivity index (χ1n) is 4.10. The Morgan fingerprint density at radius 1 is 1.31 bits per heavy atom. The van der Waals surface area contributed by atoms with Crippen LogP contribution in [0.4, 0.5) is 4.79 Å². The molecule has 7 heteroatoms. The van der Waals surface area contributed by atoms with Crippen LogP contribution in [0.1, 0.15) is 0 Å². The summed E-state index contributed by atoms with van der Waals surface area (Å²) in [5.74, 6) is -1.14. The summed E-state index contributed by atoms with van der Waals surface area (Å²) in [4.78, 5) is 22.0. The quantitative estimate of drug-likeness (QED) is 0.404. The molecule has 1 rings (SSSR count). The third kappa shape index (κ3) is 5.41. The number of primary amides is 1. The van der Waals surface area contributed by atoms with Gasteiger partial charge in [0.25, 0.3) is 0 Å². The number of urea groups is 1. The molecular weight excluding hydrogens is 239 g/mol. The third-order valence-electron chi connectivity index (χ3n) is 1.49. The Morgan fingerprint density at radius 3 is 2.31 bits per heavy atom. The summed E-state index contributed by atoms with van der Waals surface area (Å²) in [6.07, 6.45) is 0. The molecule has 4 N–H and O–H groups in total. The van der Waals surface area contributed by atoms with Crippen LogP contribution >= 0.6 is 11.8 Å². The van der Waals surface area contributed by atoms with Gasteiger partial charge in [-0.3, -0.25) is 0 Å². The first-order valence-corrected chi connectivity index (χ1v) is 4.98. The number of thioether (sulfide) groups is 1. The van der Waals surface area contributed by atoms with Gasteiger partial charge in [0.15, 0.2) is 5.37 Å². The number of amides is 2. The van der Waals surface area contributed by atoms with Gasteiger partial charge in [-0.15, -0.1) is 0 Å². The average Bonchev–Trinajstić information content (AvgIpc) is 2.17. The van der Waals surface area contributed by atoms with Gasteiger partial charge in [0.2, 0.25) is 0 Å². The zero-order chi connectivity index (χ0) is 11.3. The second-order valence-corrected chi connectivity index (χ2v) is 3.84. The number of hydrogen-bond donors (Lipinski definition) is 3. The van der Waals surface area contributed by atoms with E-state index in [-0.39, 0.29) is 29.6 Å². The van der Waals surface area contributed by atoms with Crippen molar-refractivity contribution in [2.24, 2.45) is 5.73 Å². The fourth-order valence-electron chi connectivity index (χ4n) is 0.906. The molecule has 0 spiro atoms. The minimum absolute atomic E-state index is 0. The molecule has 82 valence electrons. The first kappa shape index (κ1) is 15.3. The maximum atomic E-state index is 10.7. The van der Waals surface area contributed by atoms with Crippen LogP contribution in [0.3, 0.4) is 0 Å². The molecule has 0 aliphatic heterocycles. The number of carboxylic acid groups (broad SMARTS) is 1. The van der Waals surface area contributed by atoms with E-state index < -0.39 is 17.4 Å². The Morgan fingerprint density at radius 2 is 1.88 bits per heavy atom. The topological polar surface area (TPSA) is 92.4 Å². The van der Waals surface area contributed by atoms with Crippen molar-refractivity contribution in [3.63, 3.8) is 0 Å². The van der Waals surface area contributed by atoms with Crippen molar-refractivity contribution in [2.75, 3.05) is 0 Å². The number of carbonyl (C=O) groups is 2. The predicted molar refractivity (Wildman–Crippen MR) is 63.6 cm³/mol. The molecule has 2 amide bonds. The van der Waals surface area contributed by atoms with E-state index in [1.54, 1.807) is 24.3 Å². The molecule has 0 aliphatic carbocycles. The van der Waals surface area contributed by atoms with E-state index in [9.17, 15) is 9.59 Å². The summed E-state index contributed by atoms with van der Waals surface area (Å²) in [5.41, 5.74) is 4.86. The molecule has 1 atom stereocenters. The minimum atomic E-state index is -1.14. The zero-order valence-corrected chi connectivity index (χ0v) is 8.53. The molecule has 0 saturated heterocycles. The average molecular weight is 250 g/mol. The number of benzene rings is 1. The Balaban J connectivity index is 0.00000225. The van der Waals surface area contributed by atoms with Gasteiger partial charge >= 0.3 is 41.6 Å². The first-order chi connectivity index (χ1) is 7.09. The van der Waals surface area contributed by atoms with Crippen molar-refractivity contribution in [3.8, 4) is 0 Å². The van der Waals surface area contributed by atoms with E-state index in [1.165, 1.54) is 0 Å². The van der Waals surface area contributed by atoms with Crippen LogP contribution in [-0.4, -0.2) is 52.0 Å². The van der Waals surface area contributed by atoms with Gasteiger partial charge in [-0.2, -0.15) is 0 Å². The van der Waals surface area contributed by atoms with Gasteiger partial charge in [-0.25, -0.2) is 9.59 Å². The van der Waals surface area contributed by atoms with Crippen LogP contribution in [0, 0.1) is 0 Å². The van der Waals surface area contributed by atoms with Crippen LogP contribution in [0.15, 0.2) is 35.2 Å². The van der Waals surface area contributed by atoms with Gasteiger partial charge < -0.3 is 16.2 Å². The Bertz CT molecular complexity index is 361. The van der Waals surface area contributed by atoms with E-state index in [4.69, 9.17) is 10.8 Å². The summed E-state index contributed by atoms with van der Waals surface area (Å²) in [7, 11) is 0. The molecule has 1 aromatic rings. The van der Waals surface area contributed by atoms with E-state index in [0.29, 0.717) is 0 Å². The number of rotatable bonds is 4. The van der Waals surface area contributed by atoms with Crippen molar-refractivity contribution in [3.05, 3.63) is 30.3 Å². The normalized spacial score (nSPS) is 11.0. The molecule has 16 heavy (non-hydrogen) atoms. The number of carboxylic acids is 1. The maximum absolute atomic E-state index is 10.7. The number of nitrogens with two attached hydrogens (primary N) is 1. The van der Waals surface area contributed by atoms with Gasteiger partial charge in [0.05, 0.1) is 0 Å². The van der Waals surface area contributed by atoms with Crippen LogP contribution < -0.4 is 11.1 Å². The molecule has 0 heterocycles. The monoisotopic (exact) mass is 250 g/mol. The Labute approximate surface area is 119 Å². The van der Waals surface area contributed by atoms with Crippen LogP contribution in [0.25, 0.3) is 0 Å². The van der Waals surface area contributed by atoms with Crippen LogP contribution in [0.5, 0.6) is 0 Å².